The lowest BCUT2D eigenvalue weighted by Gasteiger charge is -2.22. The van der Waals surface area contributed by atoms with Crippen LogP contribution in [0.1, 0.15) is 31.9 Å². The molecule has 2 unspecified atom stereocenters. The Morgan fingerprint density at radius 2 is 1.91 bits per heavy atom. The van der Waals surface area contributed by atoms with E-state index in [0.29, 0.717) is 34.8 Å². The molecule has 2 aromatic carbocycles. The van der Waals surface area contributed by atoms with Gasteiger partial charge in [-0.05, 0) is 74.2 Å². The third-order valence-corrected chi connectivity index (χ3v) is 9.05. The standard InChI is InChI=1S/C25H31ClN2O4S/c1-18-14-28(9-8-19-10-20(13-27)12-22(26)11-19)15-21(18)16-32-23-4-6-24(7-5-23)33(30,31)25(2,3)17-29/h4-7,10-12,18,21,29H,8-9,14-17H2,1-3H3. The van der Waals surface area contributed by atoms with E-state index in [1.165, 1.54) is 26.0 Å². The Morgan fingerprint density at radius 3 is 2.55 bits per heavy atom. The number of aliphatic hydroxyl groups is 1. The summed E-state index contributed by atoms with van der Waals surface area (Å²) in [6, 6.07) is 14.0. The lowest BCUT2D eigenvalue weighted by molar-refractivity contribution is 0.225. The minimum Gasteiger partial charge on any atom is -0.493 e. The zero-order chi connectivity index (χ0) is 24.2. The molecule has 178 valence electrons. The van der Waals surface area contributed by atoms with Crippen molar-refractivity contribution in [1.29, 1.82) is 5.26 Å². The molecule has 1 aliphatic heterocycles. The molecule has 0 radical (unpaired) electrons. The molecule has 1 saturated heterocycles. The zero-order valence-corrected chi connectivity index (χ0v) is 20.9. The van der Waals surface area contributed by atoms with E-state index in [1.807, 2.05) is 12.1 Å². The van der Waals surface area contributed by atoms with Crippen molar-refractivity contribution in [2.24, 2.45) is 11.8 Å². The van der Waals surface area contributed by atoms with Gasteiger partial charge >= 0.3 is 0 Å². The number of rotatable bonds is 9. The predicted molar refractivity (Wildman–Crippen MR) is 129 cm³/mol. The average molecular weight is 491 g/mol. The van der Waals surface area contributed by atoms with Crippen molar-refractivity contribution in [2.75, 3.05) is 32.8 Å². The van der Waals surface area contributed by atoms with Crippen LogP contribution in [0.25, 0.3) is 0 Å². The fourth-order valence-corrected chi connectivity index (χ4v) is 5.57. The van der Waals surface area contributed by atoms with Crippen molar-refractivity contribution in [3.63, 3.8) is 0 Å². The van der Waals surface area contributed by atoms with Crippen molar-refractivity contribution in [1.82, 2.24) is 4.90 Å². The fraction of sp³-hybridized carbons (Fsp3) is 0.480. The summed E-state index contributed by atoms with van der Waals surface area (Å²) < 4.78 is 30.0. The Morgan fingerprint density at radius 1 is 1.21 bits per heavy atom. The minimum absolute atomic E-state index is 0.176. The fourth-order valence-electron chi connectivity index (χ4n) is 4.01. The molecular formula is C25H31ClN2O4S. The number of benzene rings is 2. The highest BCUT2D eigenvalue weighted by molar-refractivity contribution is 7.92. The molecule has 2 aromatic rings. The van der Waals surface area contributed by atoms with Crippen molar-refractivity contribution < 1.29 is 18.3 Å². The normalized spacial score (nSPS) is 19.4. The Balaban J connectivity index is 1.53. The van der Waals surface area contributed by atoms with Gasteiger partial charge in [-0.2, -0.15) is 5.26 Å². The van der Waals surface area contributed by atoms with Gasteiger partial charge in [0, 0.05) is 30.6 Å². The summed E-state index contributed by atoms with van der Waals surface area (Å²) in [6.07, 6.45) is 0.829. The molecular weight excluding hydrogens is 460 g/mol. The number of ether oxygens (including phenoxy) is 1. The summed E-state index contributed by atoms with van der Waals surface area (Å²) in [5, 5.41) is 19.1. The van der Waals surface area contributed by atoms with Crippen LogP contribution in [0.4, 0.5) is 0 Å². The molecule has 1 heterocycles. The molecule has 0 saturated carbocycles. The first-order valence-electron chi connectivity index (χ1n) is 11.1. The first kappa shape index (κ1) is 25.5. The highest BCUT2D eigenvalue weighted by atomic mass is 35.5. The van der Waals surface area contributed by atoms with E-state index >= 15 is 0 Å². The van der Waals surface area contributed by atoms with Crippen molar-refractivity contribution in [2.45, 2.75) is 36.8 Å². The third-order valence-electron chi connectivity index (χ3n) is 6.35. The largest absolute Gasteiger partial charge is 0.493 e. The van der Waals surface area contributed by atoms with Gasteiger partial charge in [-0.3, -0.25) is 0 Å². The molecule has 2 atom stereocenters. The van der Waals surface area contributed by atoms with Gasteiger partial charge in [-0.15, -0.1) is 0 Å². The molecule has 0 aromatic heterocycles. The van der Waals surface area contributed by atoms with Crippen LogP contribution in [-0.2, 0) is 16.3 Å². The first-order valence-corrected chi connectivity index (χ1v) is 12.9. The molecule has 0 aliphatic carbocycles. The van der Waals surface area contributed by atoms with Gasteiger partial charge < -0.3 is 14.7 Å². The molecule has 3 rings (SSSR count). The predicted octanol–water partition coefficient (Wildman–Crippen LogP) is 3.95. The molecule has 1 N–H and O–H groups in total. The summed E-state index contributed by atoms with van der Waals surface area (Å²) in [4.78, 5) is 2.58. The number of sulfone groups is 1. The summed E-state index contributed by atoms with van der Waals surface area (Å²) in [7, 11) is -3.63. The highest BCUT2D eigenvalue weighted by Crippen LogP contribution is 2.28. The van der Waals surface area contributed by atoms with Crippen LogP contribution in [0.3, 0.4) is 0 Å². The van der Waals surface area contributed by atoms with E-state index in [4.69, 9.17) is 21.6 Å². The summed E-state index contributed by atoms with van der Waals surface area (Å²) >= 11 is 6.11. The molecule has 8 heteroatoms. The molecule has 33 heavy (non-hydrogen) atoms. The maximum atomic E-state index is 12.6. The Labute approximate surface area is 201 Å². The third kappa shape index (κ3) is 6.07. The zero-order valence-electron chi connectivity index (χ0n) is 19.3. The van der Waals surface area contributed by atoms with Crippen molar-refractivity contribution in [3.8, 4) is 11.8 Å². The van der Waals surface area contributed by atoms with Gasteiger partial charge in [0.2, 0.25) is 0 Å². The van der Waals surface area contributed by atoms with Crippen molar-refractivity contribution >= 4 is 21.4 Å². The summed E-state index contributed by atoms with van der Waals surface area (Å²) in [6.45, 7) is 8.13. The number of aliphatic hydroxyl groups excluding tert-OH is 1. The van der Waals surface area contributed by atoms with E-state index in [9.17, 15) is 13.5 Å². The summed E-state index contributed by atoms with van der Waals surface area (Å²) in [5.41, 5.74) is 1.64. The number of hydrogen-bond acceptors (Lipinski definition) is 6. The number of halogens is 1. The van der Waals surface area contributed by atoms with E-state index in [2.05, 4.69) is 17.9 Å². The van der Waals surface area contributed by atoms with E-state index in [-0.39, 0.29) is 4.90 Å². The van der Waals surface area contributed by atoms with Gasteiger partial charge in [-0.1, -0.05) is 18.5 Å². The first-order chi connectivity index (χ1) is 15.6. The van der Waals surface area contributed by atoms with Gasteiger partial charge in [0.25, 0.3) is 0 Å². The number of nitriles is 1. The lowest BCUT2D eigenvalue weighted by Crippen LogP contribution is -2.35. The second-order valence-corrected chi connectivity index (χ2v) is 12.4. The van der Waals surface area contributed by atoms with Gasteiger partial charge in [0.05, 0.1) is 34.5 Å². The number of hydrogen-bond donors (Lipinski definition) is 1. The van der Waals surface area contributed by atoms with Crippen LogP contribution < -0.4 is 4.74 Å². The minimum atomic E-state index is -3.63. The van der Waals surface area contributed by atoms with Crippen LogP contribution in [-0.4, -0.2) is 56.0 Å². The maximum Gasteiger partial charge on any atom is 0.185 e. The summed E-state index contributed by atoms with van der Waals surface area (Å²) in [5.74, 6) is 1.48. The molecule has 0 amide bonds. The van der Waals surface area contributed by atoms with Crippen LogP contribution in [0.15, 0.2) is 47.4 Å². The molecule has 0 bridgehead atoms. The van der Waals surface area contributed by atoms with Crippen LogP contribution >= 0.6 is 11.6 Å². The maximum absolute atomic E-state index is 12.6. The highest BCUT2D eigenvalue weighted by Gasteiger charge is 2.35. The number of likely N-dealkylation sites (tertiary alicyclic amines) is 1. The van der Waals surface area contributed by atoms with E-state index < -0.39 is 21.2 Å². The second-order valence-electron chi connectivity index (χ2n) is 9.41. The molecule has 1 fully saturated rings. The van der Waals surface area contributed by atoms with Gasteiger partial charge in [0.1, 0.15) is 5.75 Å². The van der Waals surface area contributed by atoms with Crippen molar-refractivity contribution in [3.05, 3.63) is 58.6 Å². The second kappa shape index (κ2) is 10.4. The lowest BCUT2D eigenvalue weighted by atomic mass is 9.99. The number of nitrogens with zero attached hydrogens (tertiary/aromatic N) is 2. The van der Waals surface area contributed by atoms with E-state index in [0.717, 1.165) is 31.6 Å². The average Bonchev–Trinajstić information content (AvgIpc) is 3.15. The quantitative estimate of drug-likeness (QED) is 0.572. The van der Waals surface area contributed by atoms with Crippen LogP contribution in [0.5, 0.6) is 5.75 Å². The topological polar surface area (TPSA) is 90.6 Å². The smallest absolute Gasteiger partial charge is 0.185 e. The SMILES string of the molecule is CC1CN(CCc2cc(Cl)cc(C#N)c2)CC1COc1ccc(S(=O)(=O)C(C)(C)CO)cc1. The molecule has 6 nitrogen and oxygen atoms in total. The Bertz CT molecular complexity index is 1110. The Hall–Kier alpha value is -2.11. The van der Waals surface area contributed by atoms with Crippen LogP contribution in [0.2, 0.25) is 5.02 Å². The van der Waals surface area contributed by atoms with Gasteiger partial charge in [-0.25, -0.2) is 8.42 Å². The van der Waals surface area contributed by atoms with Crippen LogP contribution in [0, 0.1) is 23.2 Å². The van der Waals surface area contributed by atoms with E-state index in [1.54, 1.807) is 18.2 Å². The Kier molecular flexibility index (Phi) is 8.07. The molecule has 1 aliphatic rings. The van der Waals surface area contributed by atoms with Gasteiger partial charge in [0.15, 0.2) is 9.84 Å². The molecule has 0 spiro atoms. The monoisotopic (exact) mass is 490 g/mol.